The predicted molar refractivity (Wildman–Crippen MR) is 148 cm³/mol. The molecular formula is C27H56N2O6P+. The van der Waals surface area contributed by atoms with Crippen molar-refractivity contribution >= 4 is 13.7 Å². The van der Waals surface area contributed by atoms with Gasteiger partial charge < -0.3 is 19.8 Å². The van der Waals surface area contributed by atoms with Gasteiger partial charge in [0.2, 0.25) is 5.91 Å². The summed E-state index contributed by atoms with van der Waals surface area (Å²) in [6.07, 6.45) is 17.4. The van der Waals surface area contributed by atoms with Crippen molar-refractivity contribution in [3.8, 4) is 0 Å². The standard InChI is InChI=1S/C27H55N2O6P/c1-6-8-10-12-13-14-15-17-19-21-27(31)28-25(26(30)20-18-16-11-9-7-2)24-35-36(32,33)34-23-22-29(3,4)5/h18,20,25-26,30H,6-17,19,21-24H2,1-5H3,(H-,28,31,32,33)/p+1/b20-18+. The Bertz CT molecular complexity index is 624. The van der Waals surface area contributed by atoms with E-state index in [9.17, 15) is 19.4 Å². The van der Waals surface area contributed by atoms with Gasteiger partial charge in [0.1, 0.15) is 13.2 Å². The highest BCUT2D eigenvalue weighted by atomic mass is 31.2. The van der Waals surface area contributed by atoms with Crippen molar-refractivity contribution < 1.29 is 32.9 Å². The average molecular weight is 536 g/mol. The summed E-state index contributed by atoms with van der Waals surface area (Å²) >= 11 is 0. The number of allylic oxidation sites excluding steroid dienone is 1. The number of nitrogens with one attached hydrogen (secondary N) is 1. The topological polar surface area (TPSA) is 105 Å². The molecule has 0 fully saturated rings. The molecule has 0 aromatic carbocycles. The van der Waals surface area contributed by atoms with Crippen LogP contribution in [0.15, 0.2) is 12.2 Å². The highest BCUT2D eigenvalue weighted by Gasteiger charge is 2.27. The van der Waals surface area contributed by atoms with E-state index in [1.165, 1.54) is 38.5 Å². The molecule has 36 heavy (non-hydrogen) atoms. The Morgan fingerprint density at radius 3 is 2.06 bits per heavy atom. The molecule has 0 spiro atoms. The van der Waals surface area contributed by atoms with Gasteiger partial charge in [-0.2, -0.15) is 0 Å². The van der Waals surface area contributed by atoms with E-state index in [0.717, 1.165) is 44.9 Å². The third kappa shape index (κ3) is 22.4. The van der Waals surface area contributed by atoms with E-state index in [-0.39, 0.29) is 19.1 Å². The fourth-order valence-corrected chi connectivity index (χ4v) is 4.36. The van der Waals surface area contributed by atoms with E-state index < -0.39 is 20.0 Å². The minimum Gasteiger partial charge on any atom is -0.387 e. The summed E-state index contributed by atoms with van der Waals surface area (Å²) in [5.41, 5.74) is 0. The second kappa shape index (κ2) is 21.2. The molecule has 8 nitrogen and oxygen atoms in total. The van der Waals surface area contributed by atoms with Crippen LogP contribution >= 0.6 is 7.82 Å². The van der Waals surface area contributed by atoms with E-state index >= 15 is 0 Å². The lowest BCUT2D eigenvalue weighted by atomic mass is 10.1. The summed E-state index contributed by atoms with van der Waals surface area (Å²) in [5.74, 6) is -0.191. The molecular weight excluding hydrogens is 479 g/mol. The Hall–Kier alpha value is -0.760. The van der Waals surface area contributed by atoms with Crippen LogP contribution in [0.1, 0.15) is 104 Å². The van der Waals surface area contributed by atoms with Gasteiger partial charge in [0.25, 0.3) is 0 Å². The Kier molecular flexibility index (Phi) is 20.8. The molecule has 1 amide bonds. The van der Waals surface area contributed by atoms with E-state index in [1.54, 1.807) is 6.08 Å². The van der Waals surface area contributed by atoms with E-state index in [4.69, 9.17) is 9.05 Å². The van der Waals surface area contributed by atoms with Crippen molar-refractivity contribution in [2.45, 2.75) is 116 Å². The number of rotatable bonds is 24. The second-order valence-electron chi connectivity index (χ2n) is 10.8. The van der Waals surface area contributed by atoms with Crippen molar-refractivity contribution in [2.24, 2.45) is 0 Å². The zero-order valence-electron chi connectivity index (χ0n) is 23.8. The average Bonchev–Trinajstić information content (AvgIpc) is 2.79. The molecule has 0 aromatic rings. The quantitative estimate of drug-likeness (QED) is 0.0631. The first-order chi connectivity index (χ1) is 17.0. The number of likely N-dealkylation sites (N-methyl/N-ethyl adjacent to an activating group) is 1. The number of aliphatic hydroxyl groups excluding tert-OH is 1. The van der Waals surface area contributed by atoms with Crippen LogP contribution in [0.3, 0.4) is 0 Å². The van der Waals surface area contributed by atoms with Gasteiger partial charge in [-0.25, -0.2) is 4.57 Å². The number of carbonyl (C=O) groups excluding carboxylic acids is 1. The molecule has 0 aliphatic heterocycles. The first kappa shape index (κ1) is 35.2. The first-order valence-corrected chi connectivity index (χ1v) is 15.6. The number of amides is 1. The van der Waals surface area contributed by atoms with Crippen LogP contribution in [-0.2, 0) is 18.4 Å². The van der Waals surface area contributed by atoms with E-state index in [0.29, 0.717) is 17.4 Å². The predicted octanol–water partition coefficient (Wildman–Crippen LogP) is 5.73. The normalized spacial score (nSPS) is 15.6. The number of nitrogens with zero attached hydrogens (tertiary/aromatic N) is 1. The number of unbranched alkanes of at least 4 members (excludes halogenated alkanes) is 11. The lowest BCUT2D eigenvalue weighted by Crippen LogP contribution is -2.45. The SMILES string of the molecule is CCCCC/C=C/C(O)C(COP(=O)(O)OCC[N+](C)(C)C)NC(=O)CCCCCCCCCCC. The Labute approximate surface area is 221 Å². The van der Waals surface area contributed by atoms with Crippen LogP contribution in [0.4, 0.5) is 0 Å². The largest absolute Gasteiger partial charge is 0.472 e. The van der Waals surface area contributed by atoms with Crippen molar-refractivity contribution in [3.63, 3.8) is 0 Å². The van der Waals surface area contributed by atoms with Gasteiger partial charge in [0, 0.05) is 6.42 Å². The monoisotopic (exact) mass is 535 g/mol. The van der Waals surface area contributed by atoms with Gasteiger partial charge in [0.05, 0.1) is 39.9 Å². The molecule has 3 unspecified atom stereocenters. The summed E-state index contributed by atoms with van der Waals surface area (Å²) in [7, 11) is 1.56. The fraction of sp³-hybridized carbons (Fsp3) is 0.889. The maximum atomic E-state index is 12.5. The zero-order chi connectivity index (χ0) is 27.3. The van der Waals surface area contributed by atoms with Crippen molar-refractivity contribution in [3.05, 3.63) is 12.2 Å². The van der Waals surface area contributed by atoms with E-state index in [2.05, 4.69) is 19.2 Å². The van der Waals surface area contributed by atoms with Crippen molar-refractivity contribution in [1.29, 1.82) is 0 Å². The first-order valence-electron chi connectivity index (χ1n) is 14.1. The maximum absolute atomic E-state index is 12.5. The summed E-state index contributed by atoms with van der Waals surface area (Å²) in [4.78, 5) is 22.6. The van der Waals surface area contributed by atoms with Gasteiger partial charge in [-0.1, -0.05) is 90.2 Å². The molecule has 0 aliphatic rings. The molecule has 0 rings (SSSR count). The van der Waals surface area contributed by atoms with Gasteiger partial charge in [0.15, 0.2) is 0 Å². The van der Waals surface area contributed by atoms with E-state index in [1.807, 2.05) is 27.2 Å². The molecule has 0 bridgehead atoms. The number of quaternary nitrogens is 1. The lowest BCUT2D eigenvalue weighted by molar-refractivity contribution is -0.870. The second-order valence-corrected chi connectivity index (χ2v) is 12.2. The summed E-state index contributed by atoms with van der Waals surface area (Å²) in [6.45, 7) is 4.63. The minimum atomic E-state index is -4.30. The molecule has 3 atom stereocenters. The number of aliphatic hydroxyl groups is 1. The molecule has 0 heterocycles. The van der Waals surface area contributed by atoms with Gasteiger partial charge >= 0.3 is 7.82 Å². The zero-order valence-corrected chi connectivity index (χ0v) is 24.6. The van der Waals surface area contributed by atoms with Crippen LogP contribution in [0.2, 0.25) is 0 Å². The molecule has 9 heteroatoms. The summed E-state index contributed by atoms with van der Waals surface area (Å²) in [6, 6.07) is -0.832. The third-order valence-corrected chi connectivity index (χ3v) is 6.99. The number of hydrogen-bond acceptors (Lipinski definition) is 5. The molecule has 0 aromatic heterocycles. The Balaban J connectivity index is 4.63. The Morgan fingerprint density at radius 1 is 0.917 bits per heavy atom. The molecule has 214 valence electrons. The highest BCUT2D eigenvalue weighted by Crippen LogP contribution is 2.43. The molecule has 0 aliphatic carbocycles. The van der Waals surface area contributed by atoms with Gasteiger partial charge in [-0.05, 0) is 19.3 Å². The van der Waals surface area contributed by atoms with Gasteiger partial charge in [-0.3, -0.25) is 13.8 Å². The summed E-state index contributed by atoms with van der Waals surface area (Å²) < 4.78 is 23.1. The van der Waals surface area contributed by atoms with Crippen LogP contribution < -0.4 is 5.32 Å². The smallest absolute Gasteiger partial charge is 0.387 e. The molecule has 0 radical (unpaired) electrons. The van der Waals surface area contributed by atoms with Gasteiger partial charge in [-0.15, -0.1) is 0 Å². The van der Waals surface area contributed by atoms with Crippen LogP contribution in [0.5, 0.6) is 0 Å². The molecule has 3 N–H and O–H groups in total. The number of hydrogen-bond donors (Lipinski definition) is 3. The molecule has 0 saturated heterocycles. The van der Waals surface area contributed by atoms with Crippen molar-refractivity contribution in [1.82, 2.24) is 5.32 Å². The minimum absolute atomic E-state index is 0.0623. The summed E-state index contributed by atoms with van der Waals surface area (Å²) in [5, 5.41) is 13.4. The van der Waals surface area contributed by atoms with Crippen LogP contribution in [-0.4, -0.2) is 73.4 Å². The lowest BCUT2D eigenvalue weighted by Gasteiger charge is -2.25. The number of carbonyl (C=O) groups is 1. The van der Waals surface area contributed by atoms with Crippen molar-refractivity contribution in [2.75, 3.05) is 40.9 Å². The third-order valence-electron chi connectivity index (χ3n) is 6.01. The fourth-order valence-electron chi connectivity index (χ4n) is 3.62. The van der Waals surface area contributed by atoms with Crippen LogP contribution in [0, 0.1) is 0 Å². The molecule has 0 saturated carbocycles. The number of phosphoric ester groups is 1. The number of phosphoric acid groups is 1. The van der Waals surface area contributed by atoms with Crippen LogP contribution in [0.25, 0.3) is 0 Å². The Morgan fingerprint density at radius 2 is 1.47 bits per heavy atom. The maximum Gasteiger partial charge on any atom is 0.472 e. The highest BCUT2D eigenvalue weighted by molar-refractivity contribution is 7.47.